The molecule has 3 rings (SSSR count). The van der Waals surface area contributed by atoms with Gasteiger partial charge in [-0.1, -0.05) is 23.7 Å². The second-order valence-corrected chi connectivity index (χ2v) is 4.72. The molecule has 1 aromatic heterocycles. The fourth-order valence-corrected chi connectivity index (χ4v) is 2.13. The monoisotopic (exact) mass is 290 g/mol. The molecule has 0 saturated heterocycles. The van der Waals surface area contributed by atoms with Gasteiger partial charge < -0.3 is 0 Å². The lowest BCUT2D eigenvalue weighted by atomic mass is 10.1. The molecule has 0 fully saturated rings. The van der Waals surface area contributed by atoms with E-state index in [4.69, 9.17) is 11.6 Å². The van der Waals surface area contributed by atoms with Gasteiger partial charge in [-0.2, -0.15) is 5.10 Å². The third kappa shape index (κ3) is 2.42. The van der Waals surface area contributed by atoms with Gasteiger partial charge in [0.1, 0.15) is 11.5 Å². The van der Waals surface area contributed by atoms with Crippen molar-refractivity contribution in [1.82, 2.24) is 9.78 Å². The fraction of sp³-hybridized carbons (Fsp3) is 0. The molecule has 0 N–H and O–H groups in total. The molecule has 0 bridgehead atoms. The zero-order chi connectivity index (χ0) is 14.1. The van der Waals surface area contributed by atoms with Gasteiger partial charge in [0.2, 0.25) is 0 Å². The maximum Gasteiger partial charge on any atom is 0.151 e. The largest absolute Gasteiger partial charge is 0.237 e. The standard InChI is InChI=1S/C15H9ClF2N2/c16-12-3-1-2-10(6-12)11-8-19-20(9-11)15-5-4-13(17)7-14(15)18/h1-9H. The Kier molecular flexibility index (Phi) is 3.24. The van der Waals surface area contributed by atoms with Crippen LogP contribution in [0.5, 0.6) is 0 Å². The van der Waals surface area contributed by atoms with E-state index in [2.05, 4.69) is 5.10 Å². The number of nitrogens with zero attached hydrogens (tertiary/aromatic N) is 2. The Morgan fingerprint density at radius 3 is 2.60 bits per heavy atom. The van der Waals surface area contributed by atoms with Crippen molar-refractivity contribution in [2.45, 2.75) is 0 Å². The second-order valence-electron chi connectivity index (χ2n) is 4.28. The van der Waals surface area contributed by atoms with E-state index in [9.17, 15) is 8.78 Å². The van der Waals surface area contributed by atoms with Crippen molar-refractivity contribution in [3.63, 3.8) is 0 Å². The van der Waals surface area contributed by atoms with Crippen LogP contribution >= 0.6 is 11.6 Å². The van der Waals surface area contributed by atoms with Crippen molar-refractivity contribution >= 4 is 11.6 Å². The van der Waals surface area contributed by atoms with Crippen molar-refractivity contribution < 1.29 is 8.78 Å². The number of hydrogen-bond acceptors (Lipinski definition) is 1. The highest BCUT2D eigenvalue weighted by atomic mass is 35.5. The second kappa shape index (κ2) is 5.06. The minimum atomic E-state index is -0.661. The van der Waals surface area contributed by atoms with Crippen LogP contribution in [-0.4, -0.2) is 9.78 Å². The molecule has 0 unspecified atom stereocenters. The first kappa shape index (κ1) is 12.8. The Hall–Kier alpha value is -2.20. The molecule has 3 aromatic rings. The summed E-state index contributed by atoms with van der Waals surface area (Å²) in [5.74, 6) is -1.28. The molecule has 0 spiro atoms. The quantitative estimate of drug-likeness (QED) is 0.681. The summed E-state index contributed by atoms with van der Waals surface area (Å²) in [6.45, 7) is 0. The Morgan fingerprint density at radius 1 is 1.00 bits per heavy atom. The van der Waals surface area contributed by atoms with Crippen molar-refractivity contribution in [3.05, 3.63) is 71.5 Å². The van der Waals surface area contributed by atoms with Crippen LogP contribution in [0.15, 0.2) is 54.9 Å². The number of hydrogen-bond donors (Lipinski definition) is 0. The molecule has 100 valence electrons. The first-order chi connectivity index (χ1) is 9.63. The summed E-state index contributed by atoms with van der Waals surface area (Å²) in [4.78, 5) is 0. The average molecular weight is 291 g/mol. The zero-order valence-electron chi connectivity index (χ0n) is 10.2. The molecule has 0 amide bonds. The molecule has 0 aliphatic heterocycles. The van der Waals surface area contributed by atoms with E-state index in [1.807, 2.05) is 12.1 Å². The number of benzene rings is 2. The van der Waals surface area contributed by atoms with E-state index in [-0.39, 0.29) is 5.69 Å². The Morgan fingerprint density at radius 2 is 1.85 bits per heavy atom. The van der Waals surface area contributed by atoms with Gasteiger partial charge in [-0.15, -0.1) is 0 Å². The van der Waals surface area contributed by atoms with E-state index >= 15 is 0 Å². The highest BCUT2D eigenvalue weighted by Crippen LogP contribution is 2.23. The molecule has 20 heavy (non-hydrogen) atoms. The van der Waals surface area contributed by atoms with Gasteiger partial charge in [0.05, 0.1) is 6.20 Å². The lowest BCUT2D eigenvalue weighted by Crippen LogP contribution is -1.98. The summed E-state index contributed by atoms with van der Waals surface area (Å²) >= 11 is 5.93. The van der Waals surface area contributed by atoms with Crippen LogP contribution in [-0.2, 0) is 0 Å². The van der Waals surface area contributed by atoms with E-state index in [1.165, 1.54) is 16.8 Å². The topological polar surface area (TPSA) is 17.8 Å². The SMILES string of the molecule is Fc1ccc(-n2cc(-c3cccc(Cl)c3)cn2)c(F)c1. The normalized spacial score (nSPS) is 10.8. The number of rotatable bonds is 2. The minimum Gasteiger partial charge on any atom is -0.237 e. The van der Waals surface area contributed by atoms with Gasteiger partial charge in [0.15, 0.2) is 5.82 Å². The summed E-state index contributed by atoms with van der Waals surface area (Å²) in [6.07, 6.45) is 3.27. The summed E-state index contributed by atoms with van der Waals surface area (Å²) in [7, 11) is 0. The fourth-order valence-electron chi connectivity index (χ4n) is 1.94. The van der Waals surface area contributed by atoms with Crippen molar-refractivity contribution in [2.75, 3.05) is 0 Å². The molecule has 1 heterocycles. The molecule has 2 nitrogen and oxygen atoms in total. The molecule has 0 saturated carbocycles. The Bertz CT molecular complexity index is 768. The summed E-state index contributed by atoms with van der Waals surface area (Å²) in [6, 6.07) is 10.6. The van der Waals surface area contributed by atoms with E-state index < -0.39 is 11.6 Å². The molecule has 0 aliphatic rings. The summed E-state index contributed by atoms with van der Waals surface area (Å²) in [5, 5.41) is 4.71. The van der Waals surface area contributed by atoms with Crippen LogP contribution in [0.3, 0.4) is 0 Å². The van der Waals surface area contributed by atoms with Crippen LogP contribution in [0.2, 0.25) is 5.02 Å². The van der Waals surface area contributed by atoms with Gasteiger partial charge in [0.25, 0.3) is 0 Å². The maximum absolute atomic E-state index is 13.7. The molecular weight excluding hydrogens is 282 g/mol. The van der Waals surface area contributed by atoms with Crippen LogP contribution in [0.25, 0.3) is 16.8 Å². The highest BCUT2D eigenvalue weighted by Gasteiger charge is 2.08. The molecule has 2 aromatic carbocycles. The molecule has 5 heteroatoms. The Balaban J connectivity index is 2.02. The molecular formula is C15H9ClF2N2. The first-order valence-electron chi connectivity index (χ1n) is 5.89. The third-order valence-electron chi connectivity index (χ3n) is 2.90. The van der Waals surface area contributed by atoms with Crippen LogP contribution in [0, 0.1) is 11.6 Å². The molecule has 0 aliphatic carbocycles. The van der Waals surface area contributed by atoms with Crippen molar-refractivity contribution in [2.24, 2.45) is 0 Å². The van der Waals surface area contributed by atoms with Crippen molar-refractivity contribution in [1.29, 1.82) is 0 Å². The van der Waals surface area contributed by atoms with Gasteiger partial charge in [-0.25, -0.2) is 13.5 Å². The van der Waals surface area contributed by atoms with Crippen molar-refractivity contribution in [3.8, 4) is 16.8 Å². The summed E-state index contributed by atoms with van der Waals surface area (Å²) < 4.78 is 27.9. The van der Waals surface area contributed by atoms with Crippen LogP contribution < -0.4 is 0 Å². The molecule has 0 atom stereocenters. The lowest BCUT2D eigenvalue weighted by molar-refractivity contribution is 0.573. The Labute approximate surface area is 119 Å². The summed E-state index contributed by atoms with van der Waals surface area (Å²) in [5.41, 5.74) is 1.88. The average Bonchev–Trinajstić information content (AvgIpc) is 2.88. The highest BCUT2D eigenvalue weighted by molar-refractivity contribution is 6.30. The van der Waals surface area contributed by atoms with Gasteiger partial charge in [-0.05, 0) is 29.8 Å². The van der Waals surface area contributed by atoms with Crippen LogP contribution in [0.4, 0.5) is 8.78 Å². The van der Waals surface area contributed by atoms with Gasteiger partial charge >= 0.3 is 0 Å². The zero-order valence-corrected chi connectivity index (χ0v) is 11.0. The predicted octanol–water partition coefficient (Wildman–Crippen LogP) is 4.47. The smallest absolute Gasteiger partial charge is 0.151 e. The lowest BCUT2D eigenvalue weighted by Gasteiger charge is -2.02. The third-order valence-corrected chi connectivity index (χ3v) is 3.13. The predicted molar refractivity (Wildman–Crippen MR) is 73.9 cm³/mol. The van der Waals surface area contributed by atoms with Gasteiger partial charge in [0, 0.05) is 22.8 Å². The number of halogens is 3. The van der Waals surface area contributed by atoms with E-state index in [0.29, 0.717) is 5.02 Å². The van der Waals surface area contributed by atoms with Gasteiger partial charge in [-0.3, -0.25) is 0 Å². The van der Waals surface area contributed by atoms with E-state index in [1.54, 1.807) is 24.5 Å². The molecule has 0 radical (unpaired) electrons. The first-order valence-corrected chi connectivity index (χ1v) is 6.27. The van der Waals surface area contributed by atoms with E-state index in [0.717, 1.165) is 17.2 Å². The number of aromatic nitrogens is 2. The van der Waals surface area contributed by atoms with Crippen LogP contribution in [0.1, 0.15) is 0 Å². The minimum absolute atomic E-state index is 0.194. The maximum atomic E-state index is 13.7.